The van der Waals surface area contributed by atoms with Gasteiger partial charge in [0.1, 0.15) is 60.3 Å². The first kappa shape index (κ1) is 32.0. The number of fused-ring (bicyclic) bond motifs is 5. The van der Waals surface area contributed by atoms with Crippen LogP contribution in [0, 0.1) is 0 Å². The highest BCUT2D eigenvalue weighted by atomic mass is 32.5. The molecule has 0 amide bonds. The molecule has 21 nitrogen and oxygen atoms in total. The van der Waals surface area contributed by atoms with E-state index in [9.17, 15) is 24.8 Å². The maximum atomic E-state index is 13.2. The standard InChI is InChI=1S/C21H26N10O11P2S2/c1-29-10-16(23)25-5-27-18(10)31(21(29)34)19-12(33)13-8(40-19)3-38-44(36,46)42-14-11(32)7(2-37-43(35,45)41-13)39-20(14)30-6-28-9-15(22)24-4-26-17(9)30/h4-8,11-14,19-20,32-33H,2-3H2,1H3,(H,35,45)(H,36,46)(H2,22,24,26)(H2,23,25,27)/t7-,8-,11-,12-,13-,14-,19-,20-,43?,44?/m1/s1. The summed E-state index contributed by atoms with van der Waals surface area (Å²) in [4.78, 5) is 55.7. The molecule has 3 saturated heterocycles. The number of imidazole rings is 2. The van der Waals surface area contributed by atoms with Crippen molar-refractivity contribution in [1.29, 1.82) is 0 Å². The Morgan fingerprint density at radius 2 is 1.46 bits per heavy atom. The maximum absolute atomic E-state index is 13.2. The van der Waals surface area contributed by atoms with E-state index in [1.165, 1.54) is 28.8 Å². The van der Waals surface area contributed by atoms with Crippen LogP contribution in [0.3, 0.4) is 0 Å². The number of nitrogen functional groups attached to an aromatic ring is 2. The van der Waals surface area contributed by atoms with Crippen LogP contribution in [0.25, 0.3) is 22.3 Å². The Labute approximate surface area is 267 Å². The average molecular weight is 721 g/mol. The first-order valence-electron chi connectivity index (χ1n) is 13.4. The highest BCUT2D eigenvalue weighted by Crippen LogP contribution is 2.54. The fourth-order valence-electron chi connectivity index (χ4n) is 5.61. The van der Waals surface area contributed by atoms with Gasteiger partial charge in [0.15, 0.2) is 35.4 Å². The van der Waals surface area contributed by atoms with Crippen LogP contribution in [0.15, 0.2) is 23.8 Å². The predicted molar refractivity (Wildman–Crippen MR) is 161 cm³/mol. The minimum atomic E-state index is -4.23. The van der Waals surface area contributed by atoms with Crippen LogP contribution in [-0.4, -0.2) is 108 Å². The van der Waals surface area contributed by atoms with E-state index in [2.05, 4.69) is 24.9 Å². The van der Waals surface area contributed by atoms with Crippen molar-refractivity contribution in [2.75, 3.05) is 24.7 Å². The Bertz CT molecular complexity index is 1990. The number of ether oxygens (including phenoxy) is 2. The van der Waals surface area contributed by atoms with Crippen LogP contribution in [0.1, 0.15) is 12.5 Å². The summed E-state index contributed by atoms with van der Waals surface area (Å²) in [6.07, 6.45) is -7.54. The summed E-state index contributed by atoms with van der Waals surface area (Å²) in [6, 6.07) is 0. The highest BCUT2D eigenvalue weighted by Gasteiger charge is 2.53. The number of hydrogen-bond acceptors (Lipinski definition) is 18. The van der Waals surface area contributed by atoms with Crippen LogP contribution in [0.5, 0.6) is 0 Å². The van der Waals surface area contributed by atoms with Crippen LogP contribution in [-0.2, 0) is 58.2 Å². The second-order valence-corrected chi connectivity index (χ2v) is 16.1. The molecule has 3 fully saturated rings. The van der Waals surface area contributed by atoms with Gasteiger partial charge in [-0.05, 0) is 23.6 Å². The van der Waals surface area contributed by atoms with Gasteiger partial charge in [-0.1, -0.05) is 0 Å². The van der Waals surface area contributed by atoms with E-state index in [0.717, 1.165) is 10.9 Å². The first-order chi connectivity index (χ1) is 21.8. The van der Waals surface area contributed by atoms with Gasteiger partial charge in [0.25, 0.3) is 0 Å². The van der Waals surface area contributed by atoms with Crippen molar-refractivity contribution >= 4 is 71.0 Å². The lowest BCUT2D eigenvalue weighted by atomic mass is 10.1. The molecule has 7 rings (SSSR count). The molecular weight excluding hydrogens is 694 g/mol. The lowest BCUT2D eigenvalue weighted by Gasteiger charge is -2.28. The molecule has 2 unspecified atom stereocenters. The van der Waals surface area contributed by atoms with Crippen molar-refractivity contribution in [1.82, 2.24) is 38.6 Å². The molecule has 10 atom stereocenters. The molecule has 4 aromatic heterocycles. The minimum Gasteiger partial charge on any atom is -0.387 e. The van der Waals surface area contributed by atoms with Gasteiger partial charge in [0.2, 0.25) is 0 Å². The normalized spacial score (nSPS) is 37.2. The van der Waals surface area contributed by atoms with Crippen LogP contribution in [0.2, 0.25) is 0 Å². The predicted octanol–water partition coefficient (Wildman–Crippen LogP) is -2.10. The van der Waals surface area contributed by atoms with E-state index in [0.29, 0.717) is 0 Å². The van der Waals surface area contributed by atoms with Gasteiger partial charge in [-0.25, -0.2) is 34.3 Å². The molecule has 25 heteroatoms. The molecule has 0 aliphatic carbocycles. The molecule has 248 valence electrons. The van der Waals surface area contributed by atoms with Gasteiger partial charge in [0, 0.05) is 7.05 Å². The molecule has 8 N–H and O–H groups in total. The number of hydrogen-bond donors (Lipinski definition) is 6. The van der Waals surface area contributed by atoms with Gasteiger partial charge in [0.05, 0.1) is 19.5 Å². The molecule has 0 spiro atoms. The third-order valence-electron chi connectivity index (χ3n) is 7.74. The second-order valence-electron chi connectivity index (χ2n) is 10.5. The number of aliphatic hydroxyl groups is 2. The Morgan fingerprint density at radius 3 is 2.17 bits per heavy atom. The molecule has 0 radical (unpaired) electrons. The third kappa shape index (κ3) is 5.35. The quantitative estimate of drug-likeness (QED) is 0.121. The maximum Gasteiger partial charge on any atom is 0.332 e. The molecular formula is C21H26N10O11P2S2. The average Bonchev–Trinajstić information content (AvgIpc) is 3.71. The summed E-state index contributed by atoms with van der Waals surface area (Å²) in [6.45, 7) is -9.58. The molecule has 46 heavy (non-hydrogen) atoms. The van der Waals surface area contributed by atoms with Gasteiger partial charge >= 0.3 is 19.1 Å². The van der Waals surface area contributed by atoms with E-state index in [-0.39, 0.29) is 34.0 Å². The molecule has 0 aromatic carbocycles. The Hall–Kier alpha value is -2.60. The van der Waals surface area contributed by atoms with Crippen molar-refractivity contribution in [3.63, 3.8) is 0 Å². The zero-order chi connectivity index (χ0) is 32.7. The lowest BCUT2D eigenvalue weighted by Crippen LogP contribution is -2.37. The highest BCUT2D eigenvalue weighted by molar-refractivity contribution is 8.07. The van der Waals surface area contributed by atoms with Crippen LogP contribution < -0.4 is 17.2 Å². The van der Waals surface area contributed by atoms with Crippen molar-refractivity contribution in [3.8, 4) is 0 Å². The summed E-state index contributed by atoms with van der Waals surface area (Å²) in [5, 5.41) is 22.5. The molecule has 4 aromatic rings. The number of nitrogens with zero attached hydrogens (tertiary/aromatic N) is 8. The van der Waals surface area contributed by atoms with Crippen LogP contribution >= 0.6 is 13.4 Å². The SMILES string of the molecule is Cn1c(=O)n([C@@H]2O[C@@H]3COP(O)(=S)O[C@@H]4[C@H](O)[C@@H](COP(O)(=S)O[C@H]3[C@H]2O)O[C@H]4n2cnc3c(N)ncnc32)c2ncnc(N)c21. The molecule has 3 aliphatic rings. The van der Waals surface area contributed by atoms with Crippen molar-refractivity contribution in [2.45, 2.75) is 49.1 Å². The summed E-state index contributed by atoms with van der Waals surface area (Å²) < 4.78 is 38.2. The number of anilines is 2. The third-order valence-corrected chi connectivity index (χ3v) is 10.9. The van der Waals surface area contributed by atoms with E-state index >= 15 is 0 Å². The van der Waals surface area contributed by atoms with Gasteiger partial charge in [-0.2, -0.15) is 0 Å². The molecule has 7 heterocycles. The Kier molecular flexibility index (Phi) is 8.01. The summed E-state index contributed by atoms with van der Waals surface area (Å²) in [5.74, 6) is 0.0936. The van der Waals surface area contributed by atoms with E-state index in [1.807, 2.05) is 0 Å². The van der Waals surface area contributed by atoms with E-state index in [4.69, 9.17) is 62.6 Å². The molecule has 2 bridgehead atoms. The Balaban J connectivity index is 1.22. The van der Waals surface area contributed by atoms with Crippen LogP contribution in [0.4, 0.5) is 11.6 Å². The monoisotopic (exact) mass is 720 g/mol. The van der Waals surface area contributed by atoms with Gasteiger partial charge in [-0.15, -0.1) is 0 Å². The summed E-state index contributed by atoms with van der Waals surface area (Å²) >= 11 is 10.5. The van der Waals surface area contributed by atoms with E-state index in [1.54, 1.807) is 0 Å². The zero-order valence-corrected chi connectivity index (χ0v) is 26.8. The van der Waals surface area contributed by atoms with E-state index < -0.39 is 81.4 Å². The Morgan fingerprint density at radius 1 is 0.848 bits per heavy atom. The van der Waals surface area contributed by atoms with Gasteiger partial charge < -0.3 is 50.0 Å². The number of aryl methyl sites for hydroxylation is 1. The number of aliphatic hydroxyl groups excluding tert-OH is 2. The number of aromatic nitrogens is 8. The lowest BCUT2D eigenvalue weighted by molar-refractivity contribution is -0.0612. The first-order valence-corrected chi connectivity index (χ1v) is 18.5. The van der Waals surface area contributed by atoms with Crippen molar-refractivity contribution in [3.05, 3.63) is 29.5 Å². The fourth-order valence-corrected chi connectivity index (χ4v) is 8.47. The largest absolute Gasteiger partial charge is 0.387 e. The topological polar surface area (TPSA) is 285 Å². The zero-order valence-electron chi connectivity index (χ0n) is 23.4. The smallest absolute Gasteiger partial charge is 0.332 e. The number of nitrogens with two attached hydrogens (primary N) is 2. The fraction of sp³-hybridized carbons (Fsp3) is 0.524. The van der Waals surface area contributed by atoms with Gasteiger partial charge in [-0.3, -0.25) is 18.2 Å². The minimum absolute atomic E-state index is 0.00676. The second kappa shape index (κ2) is 11.5. The summed E-state index contributed by atoms with van der Waals surface area (Å²) in [5.41, 5.74) is 11.9. The summed E-state index contributed by atoms with van der Waals surface area (Å²) in [7, 11) is 1.43. The van der Waals surface area contributed by atoms with Crippen molar-refractivity contribution < 1.29 is 47.6 Å². The molecule has 0 saturated carbocycles. The number of rotatable bonds is 2. The molecule has 3 aliphatic heterocycles. The van der Waals surface area contributed by atoms with Crippen molar-refractivity contribution in [2.24, 2.45) is 7.05 Å².